The van der Waals surface area contributed by atoms with Crippen LogP contribution < -0.4 is 5.32 Å². The average molecular weight is 309 g/mol. The SMILES string of the molecule is Cc1cc(C(=O)Nc2cccnc2)c(C)n1-c1cccc(F)c1. The average Bonchev–Trinajstić information content (AvgIpc) is 2.83. The number of anilines is 1. The topological polar surface area (TPSA) is 46.9 Å². The zero-order chi connectivity index (χ0) is 16.4. The number of aryl methyl sites for hydroxylation is 1. The summed E-state index contributed by atoms with van der Waals surface area (Å²) >= 11 is 0. The van der Waals surface area contributed by atoms with Crippen LogP contribution in [0.4, 0.5) is 10.1 Å². The first-order chi connectivity index (χ1) is 11.1. The molecule has 0 spiro atoms. The number of aromatic nitrogens is 2. The molecule has 23 heavy (non-hydrogen) atoms. The third-order valence-corrected chi connectivity index (χ3v) is 3.66. The molecule has 0 saturated carbocycles. The predicted octanol–water partition coefficient (Wildman–Crippen LogP) is 3.88. The molecule has 4 nitrogen and oxygen atoms in total. The van der Waals surface area contributed by atoms with Crippen molar-refractivity contribution < 1.29 is 9.18 Å². The van der Waals surface area contributed by atoms with Gasteiger partial charge < -0.3 is 9.88 Å². The number of hydrogen-bond donors (Lipinski definition) is 1. The fourth-order valence-corrected chi connectivity index (χ4v) is 2.64. The summed E-state index contributed by atoms with van der Waals surface area (Å²) in [6.07, 6.45) is 3.23. The van der Waals surface area contributed by atoms with Gasteiger partial charge in [0, 0.05) is 23.3 Å². The molecule has 0 unspecified atom stereocenters. The second-order valence-electron chi connectivity index (χ2n) is 5.30. The maximum atomic E-state index is 13.5. The number of hydrogen-bond acceptors (Lipinski definition) is 2. The Bertz CT molecular complexity index is 856. The van der Waals surface area contributed by atoms with E-state index in [4.69, 9.17) is 0 Å². The predicted molar refractivity (Wildman–Crippen MR) is 87.4 cm³/mol. The first kappa shape index (κ1) is 15.0. The summed E-state index contributed by atoms with van der Waals surface area (Å²) in [6.45, 7) is 3.73. The summed E-state index contributed by atoms with van der Waals surface area (Å²) < 4.78 is 15.3. The quantitative estimate of drug-likeness (QED) is 0.798. The van der Waals surface area contributed by atoms with E-state index in [1.54, 1.807) is 36.7 Å². The number of carbonyl (C=O) groups is 1. The minimum absolute atomic E-state index is 0.214. The smallest absolute Gasteiger partial charge is 0.257 e. The Morgan fingerprint density at radius 3 is 2.70 bits per heavy atom. The van der Waals surface area contributed by atoms with Crippen molar-refractivity contribution >= 4 is 11.6 Å². The lowest BCUT2D eigenvalue weighted by Crippen LogP contribution is -2.13. The van der Waals surface area contributed by atoms with Gasteiger partial charge in [-0.2, -0.15) is 0 Å². The number of nitrogens with one attached hydrogen (secondary N) is 1. The van der Waals surface area contributed by atoms with E-state index in [2.05, 4.69) is 10.3 Å². The fourth-order valence-electron chi connectivity index (χ4n) is 2.64. The van der Waals surface area contributed by atoms with E-state index in [1.807, 2.05) is 24.5 Å². The second-order valence-corrected chi connectivity index (χ2v) is 5.30. The van der Waals surface area contributed by atoms with Crippen molar-refractivity contribution in [1.29, 1.82) is 0 Å². The van der Waals surface area contributed by atoms with Crippen molar-refractivity contribution in [2.75, 3.05) is 5.32 Å². The van der Waals surface area contributed by atoms with E-state index in [1.165, 1.54) is 12.1 Å². The Kier molecular flexibility index (Phi) is 3.93. The van der Waals surface area contributed by atoms with Gasteiger partial charge in [0.05, 0.1) is 17.4 Å². The molecule has 1 amide bonds. The third kappa shape index (κ3) is 2.99. The summed E-state index contributed by atoms with van der Waals surface area (Å²) in [6, 6.07) is 11.6. The van der Waals surface area contributed by atoms with Crippen LogP contribution >= 0.6 is 0 Å². The van der Waals surface area contributed by atoms with Gasteiger partial charge in [-0.25, -0.2) is 4.39 Å². The van der Waals surface area contributed by atoms with Crippen LogP contribution in [0.1, 0.15) is 21.7 Å². The van der Waals surface area contributed by atoms with Crippen molar-refractivity contribution in [3.63, 3.8) is 0 Å². The summed E-state index contributed by atoms with van der Waals surface area (Å²) in [5.74, 6) is -0.523. The molecule has 2 aromatic heterocycles. The van der Waals surface area contributed by atoms with Crippen LogP contribution in [0.2, 0.25) is 0 Å². The van der Waals surface area contributed by atoms with Crippen LogP contribution in [0.5, 0.6) is 0 Å². The molecule has 0 saturated heterocycles. The van der Waals surface area contributed by atoms with E-state index in [-0.39, 0.29) is 11.7 Å². The Morgan fingerprint density at radius 1 is 1.17 bits per heavy atom. The minimum Gasteiger partial charge on any atom is -0.321 e. The summed E-state index contributed by atoms with van der Waals surface area (Å²) in [4.78, 5) is 16.4. The second kappa shape index (κ2) is 6.04. The van der Waals surface area contributed by atoms with Crippen molar-refractivity contribution in [3.05, 3.63) is 77.6 Å². The van der Waals surface area contributed by atoms with Crippen molar-refractivity contribution in [3.8, 4) is 5.69 Å². The molecule has 116 valence electrons. The Morgan fingerprint density at radius 2 is 2.00 bits per heavy atom. The van der Waals surface area contributed by atoms with Crippen LogP contribution in [0.3, 0.4) is 0 Å². The van der Waals surface area contributed by atoms with Gasteiger partial charge in [0.15, 0.2) is 0 Å². The van der Waals surface area contributed by atoms with Gasteiger partial charge in [0.25, 0.3) is 5.91 Å². The van der Waals surface area contributed by atoms with Gasteiger partial charge in [-0.3, -0.25) is 9.78 Å². The molecule has 3 rings (SSSR count). The van der Waals surface area contributed by atoms with Crippen molar-refractivity contribution in [1.82, 2.24) is 9.55 Å². The Balaban J connectivity index is 1.96. The lowest BCUT2D eigenvalue weighted by Gasteiger charge is -2.10. The molecular weight excluding hydrogens is 293 g/mol. The molecule has 1 N–H and O–H groups in total. The molecule has 1 aromatic carbocycles. The van der Waals surface area contributed by atoms with E-state index in [9.17, 15) is 9.18 Å². The standard InChI is InChI=1S/C18H16FN3O/c1-12-9-17(18(23)21-15-6-4-8-20-11-15)13(2)22(12)16-7-3-5-14(19)10-16/h3-11H,1-2H3,(H,21,23). The molecule has 3 aromatic rings. The summed E-state index contributed by atoms with van der Waals surface area (Å²) in [5, 5.41) is 2.81. The molecule has 2 heterocycles. The minimum atomic E-state index is -0.309. The van der Waals surface area contributed by atoms with Gasteiger partial charge in [0.1, 0.15) is 5.82 Å². The summed E-state index contributed by atoms with van der Waals surface area (Å²) in [7, 11) is 0. The number of rotatable bonds is 3. The van der Waals surface area contributed by atoms with Crippen molar-refractivity contribution in [2.24, 2.45) is 0 Å². The van der Waals surface area contributed by atoms with Gasteiger partial charge in [-0.15, -0.1) is 0 Å². The molecule has 0 fully saturated rings. The van der Waals surface area contributed by atoms with Crippen LogP contribution in [-0.2, 0) is 0 Å². The normalized spacial score (nSPS) is 10.6. The lowest BCUT2D eigenvalue weighted by molar-refractivity contribution is 0.102. The maximum Gasteiger partial charge on any atom is 0.257 e. The first-order valence-corrected chi connectivity index (χ1v) is 7.22. The summed E-state index contributed by atoms with van der Waals surface area (Å²) in [5.41, 5.74) is 3.50. The number of carbonyl (C=O) groups excluding carboxylic acids is 1. The molecule has 0 bridgehead atoms. The van der Waals surface area contributed by atoms with Gasteiger partial charge in [-0.05, 0) is 50.2 Å². The van der Waals surface area contributed by atoms with Crippen molar-refractivity contribution in [2.45, 2.75) is 13.8 Å². The maximum absolute atomic E-state index is 13.5. The fraction of sp³-hybridized carbons (Fsp3) is 0.111. The Hall–Kier alpha value is -2.95. The van der Waals surface area contributed by atoms with Gasteiger partial charge >= 0.3 is 0 Å². The zero-order valence-corrected chi connectivity index (χ0v) is 12.9. The Labute approximate surface area is 133 Å². The number of halogens is 1. The van der Waals surface area contributed by atoms with Crippen LogP contribution in [0, 0.1) is 19.7 Å². The largest absolute Gasteiger partial charge is 0.321 e. The highest BCUT2D eigenvalue weighted by Crippen LogP contribution is 2.22. The molecule has 5 heteroatoms. The third-order valence-electron chi connectivity index (χ3n) is 3.66. The molecule has 0 aliphatic carbocycles. The zero-order valence-electron chi connectivity index (χ0n) is 12.9. The van der Waals surface area contributed by atoms with E-state index in [0.717, 1.165) is 11.4 Å². The van der Waals surface area contributed by atoms with Crippen LogP contribution in [-0.4, -0.2) is 15.5 Å². The number of amides is 1. The molecular formula is C18H16FN3O. The molecule has 0 atom stereocenters. The van der Waals surface area contributed by atoms with E-state index >= 15 is 0 Å². The molecule has 0 aliphatic heterocycles. The van der Waals surface area contributed by atoms with Crippen LogP contribution in [0.25, 0.3) is 5.69 Å². The van der Waals surface area contributed by atoms with E-state index < -0.39 is 0 Å². The lowest BCUT2D eigenvalue weighted by atomic mass is 10.2. The van der Waals surface area contributed by atoms with Crippen LogP contribution in [0.15, 0.2) is 54.9 Å². The van der Waals surface area contributed by atoms with Gasteiger partial charge in [0.2, 0.25) is 0 Å². The highest BCUT2D eigenvalue weighted by molar-refractivity contribution is 6.05. The highest BCUT2D eigenvalue weighted by Gasteiger charge is 2.17. The molecule has 0 aliphatic rings. The highest BCUT2D eigenvalue weighted by atomic mass is 19.1. The number of nitrogens with zero attached hydrogens (tertiary/aromatic N) is 2. The molecule has 0 radical (unpaired) electrons. The monoisotopic (exact) mass is 309 g/mol. The van der Waals surface area contributed by atoms with Gasteiger partial charge in [-0.1, -0.05) is 6.07 Å². The number of benzene rings is 1. The van der Waals surface area contributed by atoms with E-state index in [0.29, 0.717) is 16.9 Å². The number of pyridine rings is 1. The first-order valence-electron chi connectivity index (χ1n) is 7.22.